The van der Waals surface area contributed by atoms with Crippen LogP contribution in [-0.2, 0) is 22.5 Å². The van der Waals surface area contributed by atoms with Crippen molar-refractivity contribution in [3.05, 3.63) is 70.8 Å². The molecule has 3 N–H and O–H groups in total. The van der Waals surface area contributed by atoms with E-state index in [4.69, 9.17) is 9.94 Å². The van der Waals surface area contributed by atoms with Crippen molar-refractivity contribution >= 4 is 5.91 Å². The lowest BCUT2D eigenvalue weighted by atomic mass is 9.70. The predicted molar refractivity (Wildman–Crippen MR) is 128 cm³/mol. The number of halogens is 2. The number of carbonyl (C=O) groups is 1. The van der Waals surface area contributed by atoms with Gasteiger partial charge in [0.2, 0.25) is 0 Å². The number of aryl methyl sites for hydroxylation is 1. The first-order chi connectivity index (χ1) is 16.7. The van der Waals surface area contributed by atoms with Crippen LogP contribution in [0.4, 0.5) is 8.78 Å². The van der Waals surface area contributed by atoms with E-state index in [2.05, 4.69) is 28.9 Å². The van der Waals surface area contributed by atoms with Crippen molar-refractivity contribution in [1.29, 1.82) is 0 Å². The van der Waals surface area contributed by atoms with Crippen molar-refractivity contribution in [2.24, 2.45) is 5.41 Å². The summed E-state index contributed by atoms with van der Waals surface area (Å²) in [7, 11) is 0. The van der Waals surface area contributed by atoms with E-state index in [0.717, 1.165) is 56.5 Å². The summed E-state index contributed by atoms with van der Waals surface area (Å²) in [5.74, 6) is 5.20. The smallest absolute Gasteiger partial charge is 0.267 e. The summed E-state index contributed by atoms with van der Waals surface area (Å²) in [5, 5.41) is 19.3. The number of hydrogen-bond donors (Lipinski definition) is 3. The van der Waals surface area contributed by atoms with Gasteiger partial charge < -0.3 is 9.84 Å². The minimum atomic E-state index is -3.16. The fourth-order valence-corrected chi connectivity index (χ4v) is 3.97. The van der Waals surface area contributed by atoms with E-state index < -0.39 is 23.3 Å². The molecule has 1 heterocycles. The zero-order valence-corrected chi connectivity index (χ0v) is 20.1. The zero-order chi connectivity index (χ0) is 25.5. The molecule has 0 radical (unpaired) electrons. The molecule has 1 aliphatic rings. The number of carbonyl (C=O) groups excluding carboxylic acids is 1. The molecule has 2 unspecified atom stereocenters. The van der Waals surface area contributed by atoms with Crippen molar-refractivity contribution in [1.82, 2.24) is 10.4 Å². The maximum atomic E-state index is 13.4. The van der Waals surface area contributed by atoms with Crippen molar-refractivity contribution < 1.29 is 28.6 Å². The molecule has 188 valence electrons. The Bertz CT molecular complexity index is 1040. The minimum Gasteiger partial charge on any atom is -0.383 e. The molecule has 35 heavy (non-hydrogen) atoms. The first-order valence-corrected chi connectivity index (χ1v) is 11.6. The lowest BCUT2D eigenvalue weighted by molar-refractivity contribution is -0.183. The fourth-order valence-electron chi connectivity index (χ4n) is 3.97. The number of hydroxylamine groups is 1. The molecule has 6 nitrogen and oxygen atoms in total. The average molecular weight is 487 g/mol. The lowest BCUT2D eigenvalue weighted by Crippen LogP contribution is -2.57. The van der Waals surface area contributed by atoms with Gasteiger partial charge in [0.05, 0.1) is 18.6 Å². The van der Waals surface area contributed by atoms with Gasteiger partial charge in [0.1, 0.15) is 5.60 Å². The number of morpholine rings is 1. The highest BCUT2D eigenvalue weighted by atomic mass is 19.3. The molecule has 3 rings (SSSR count). The number of amides is 1. The quantitative estimate of drug-likeness (QED) is 0.303. The molecule has 0 aliphatic carbocycles. The largest absolute Gasteiger partial charge is 0.383 e. The van der Waals surface area contributed by atoms with Crippen LogP contribution in [0.3, 0.4) is 0 Å². The summed E-state index contributed by atoms with van der Waals surface area (Å²) in [6, 6.07) is 15.4. The number of ether oxygens (including phenoxy) is 1. The van der Waals surface area contributed by atoms with Crippen LogP contribution in [0.1, 0.15) is 42.5 Å². The normalized spacial score (nSPS) is 17.7. The van der Waals surface area contributed by atoms with Gasteiger partial charge in [-0.3, -0.25) is 14.9 Å². The van der Waals surface area contributed by atoms with Gasteiger partial charge in [0.15, 0.2) is 0 Å². The first-order valence-electron chi connectivity index (χ1n) is 11.6. The second-order valence-corrected chi connectivity index (χ2v) is 9.25. The second-order valence-electron chi connectivity index (χ2n) is 9.25. The molecule has 0 aromatic heterocycles. The Hall–Kier alpha value is -2.83. The SMILES string of the molecule is CC(CCc1ccc(C#Cc2ccc(CN3CCOCC3)cc2)cc1)(C(=O)NO)C(C)(O)C(F)F. The van der Waals surface area contributed by atoms with Crippen molar-refractivity contribution in [3.63, 3.8) is 0 Å². The van der Waals surface area contributed by atoms with E-state index in [1.165, 1.54) is 18.0 Å². The number of nitrogens with zero attached hydrogens (tertiary/aromatic N) is 1. The number of aliphatic hydroxyl groups is 1. The van der Waals surface area contributed by atoms with Gasteiger partial charge in [0.25, 0.3) is 12.3 Å². The second kappa shape index (κ2) is 11.7. The van der Waals surface area contributed by atoms with E-state index in [9.17, 15) is 18.7 Å². The zero-order valence-electron chi connectivity index (χ0n) is 20.1. The predicted octanol–water partition coefficient (Wildman–Crippen LogP) is 3.38. The van der Waals surface area contributed by atoms with E-state index >= 15 is 0 Å². The van der Waals surface area contributed by atoms with Crippen LogP contribution in [0.2, 0.25) is 0 Å². The van der Waals surface area contributed by atoms with Gasteiger partial charge in [0, 0.05) is 30.8 Å². The molecular formula is C27H32F2N2O4. The highest BCUT2D eigenvalue weighted by molar-refractivity contribution is 5.82. The van der Waals surface area contributed by atoms with Gasteiger partial charge >= 0.3 is 0 Å². The number of benzene rings is 2. The number of rotatable bonds is 8. The van der Waals surface area contributed by atoms with Crippen LogP contribution in [0, 0.1) is 17.3 Å². The molecule has 0 spiro atoms. The third kappa shape index (κ3) is 6.65. The van der Waals surface area contributed by atoms with E-state index in [0.29, 0.717) is 0 Å². The Labute approximate surface area is 204 Å². The average Bonchev–Trinajstić information content (AvgIpc) is 2.87. The van der Waals surface area contributed by atoms with Crippen molar-refractivity contribution in [2.45, 2.75) is 45.3 Å². The monoisotopic (exact) mass is 486 g/mol. The maximum absolute atomic E-state index is 13.4. The van der Waals surface area contributed by atoms with E-state index in [1.807, 2.05) is 36.4 Å². The molecule has 8 heteroatoms. The van der Waals surface area contributed by atoms with E-state index in [1.54, 1.807) is 0 Å². The van der Waals surface area contributed by atoms with Crippen LogP contribution in [0.25, 0.3) is 0 Å². The highest BCUT2D eigenvalue weighted by Gasteiger charge is 2.54. The molecule has 1 amide bonds. The molecule has 0 saturated carbocycles. The number of alkyl halides is 2. The van der Waals surface area contributed by atoms with Crippen LogP contribution in [0.5, 0.6) is 0 Å². The summed E-state index contributed by atoms with van der Waals surface area (Å²) in [4.78, 5) is 14.5. The molecule has 2 atom stereocenters. The third-order valence-electron chi connectivity index (χ3n) is 6.83. The minimum absolute atomic E-state index is 0.0848. The van der Waals surface area contributed by atoms with Crippen LogP contribution in [-0.4, -0.2) is 59.5 Å². The summed E-state index contributed by atoms with van der Waals surface area (Å²) in [6.07, 6.45) is -2.99. The molecule has 2 aromatic carbocycles. The van der Waals surface area contributed by atoms with Crippen molar-refractivity contribution in [3.8, 4) is 11.8 Å². The standard InChI is InChI=1S/C27H32F2N2O4/c1-26(25(32)30-34,27(2,33)24(28)29)14-13-22-7-5-20(6-8-22)3-4-21-9-11-23(12-10-21)19-31-15-17-35-18-16-31/h5-12,24,33-34H,13-19H2,1-2H3,(H,30,32). The molecule has 2 aromatic rings. The van der Waals surface area contributed by atoms with Crippen LogP contribution in [0.15, 0.2) is 48.5 Å². The Kier molecular flexibility index (Phi) is 8.98. The Morgan fingerprint density at radius 3 is 2.03 bits per heavy atom. The molecular weight excluding hydrogens is 454 g/mol. The van der Waals surface area contributed by atoms with Gasteiger partial charge in [-0.05, 0) is 62.1 Å². The van der Waals surface area contributed by atoms with Crippen LogP contribution >= 0.6 is 0 Å². The molecule has 1 fully saturated rings. The Balaban J connectivity index is 1.61. The highest BCUT2D eigenvalue weighted by Crippen LogP contribution is 2.40. The van der Waals surface area contributed by atoms with Gasteiger partial charge in [-0.15, -0.1) is 0 Å². The van der Waals surface area contributed by atoms with Crippen molar-refractivity contribution in [2.75, 3.05) is 26.3 Å². The molecule has 1 saturated heterocycles. The summed E-state index contributed by atoms with van der Waals surface area (Å²) >= 11 is 0. The number of nitrogens with one attached hydrogen (secondary N) is 1. The maximum Gasteiger partial charge on any atom is 0.267 e. The Morgan fingerprint density at radius 2 is 1.54 bits per heavy atom. The fraction of sp³-hybridized carbons (Fsp3) is 0.444. The van der Waals surface area contributed by atoms with Gasteiger partial charge in [-0.1, -0.05) is 36.1 Å². The third-order valence-corrected chi connectivity index (χ3v) is 6.83. The summed E-state index contributed by atoms with van der Waals surface area (Å²) < 4.78 is 32.2. The van der Waals surface area contributed by atoms with Gasteiger partial charge in [-0.25, -0.2) is 14.3 Å². The first kappa shape index (κ1) is 26.8. The van der Waals surface area contributed by atoms with E-state index in [-0.39, 0.29) is 12.8 Å². The lowest BCUT2D eigenvalue weighted by Gasteiger charge is -2.40. The summed E-state index contributed by atoms with van der Waals surface area (Å²) in [6.45, 7) is 6.45. The van der Waals surface area contributed by atoms with Crippen LogP contribution < -0.4 is 5.48 Å². The molecule has 1 aliphatic heterocycles. The molecule has 0 bridgehead atoms. The van der Waals surface area contributed by atoms with Gasteiger partial charge in [-0.2, -0.15) is 0 Å². The number of hydrogen-bond acceptors (Lipinski definition) is 5. The summed E-state index contributed by atoms with van der Waals surface area (Å²) in [5.41, 5.74) is 0.638. The topological polar surface area (TPSA) is 82.0 Å². The Morgan fingerprint density at radius 1 is 1.03 bits per heavy atom.